The smallest absolute Gasteiger partial charge is 0.222 e. The van der Waals surface area contributed by atoms with Crippen LogP contribution >= 0.6 is 11.6 Å². The van der Waals surface area contributed by atoms with E-state index in [2.05, 4.69) is 10.1 Å². The molecule has 0 saturated carbocycles. The highest BCUT2D eigenvalue weighted by molar-refractivity contribution is 6.30. The summed E-state index contributed by atoms with van der Waals surface area (Å²) < 4.78 is 6.53. The summed E-state index contributed by atoms with van der Waals surface area (Å²) in [5, 5.41) is 4.40. The zero-order valence-electron chi connectivity index (χ0n) is 5.44. The topological polar surface area (TPSA) is 43.9 Å². The molecule has 0 aliphatic heterocycles. The van der Waals surface area contributed by atoms with Gasteiger partial charge in [-0.15, -0.1) is 0 Å². The second-order valence-corrected chi connectivity index (χ2v) is 2.38. The van der Waals surface area contributed by atoms with Crippen LogP contribution in [-0.2, 0) is 0 Å². The second-order valence-electron chi connectivity index (χ2n) is 1.94. The Morgan fingerprint density at radius 2 is 2.45 bits per heavy atom. The van der Waals surface area contributed by atoms with Crippen LogP contribution in [0.5, 0.6) is 0 Å². The van der Waals surface area contributed by atoms with Gasteiger partial charge in [0.15, 0.2) is 0 Å². The summed E-state index contributed by atoms with van der Waals surface area (Å²) in [6.45, 7) is 0. The number of nitrogens with zero attached hydrogens (tertiary/aromatic N) is 3. The highest BCUT2D eigenvalue weighted by Crippen LogP contribution is 2.15. The number of rotatable bonds is 1. The van der Waals surface area contributed by atoms with Crippen molar-refractivity contribution in [2.75, 3.05) is 0 Å². The van der Waals surface area contributed by atoms with Gasteiger partial charge in [-0.05, 0) is 0 Å². The van der Waals surface area contributed by atoms with E-state index < -0.39 is 0 Å². The highest BCUT2D eigenvalue weighted by Gasteiger charge is 2.00. The number of hydrogen-bond donors (Lipinski definition) is 0. The van der Waals surface area contributed by atoms with E-state index in [1.807, 2.05) is 0 Å². The molecule has 0 aliphatic rings. The molecule has 56 valence electrons. The molecule has 0 N–H and O–H groups in total. The van der Waals surface area contributed by atoms with E-state index in [9.17, 15) is 0 Å². The first-order chi connectivity index (χ1) is 5.36. The maximum atomic E-state index is 5.62. The summed E-state index contributed by atoms with van der Waals surface area (Å²) in [7, 11) is 0. The third kappa shape index (κ3) is 1.12. The van der Waals surface area contributed by atoms with E-state index in [1.54, 1.807) is 6.07 Å². The van der Waals surface area contributed by atoms with Crippen molar-refractivity contribution in [2.45, 2.75) is 0 Å². The van der Waals surface area contributed by atoms with Crippen molar-refractivity contribution in [1.29, 1.82) is 0 Å². The molecule has 11 heavy (non-hydrogen) atoms. The van der Waals surface area contributed by atoms with Gasteiger partial charge in [-0.1, -0.05) is 11.6 Å². The molecule has 0 aliphatic carbocycles. The Hall–Kier alpha value is -1.29. The van der Waals surface area contributed by atoms with E-state index in [-0.39, 0.29) is 0 Å². The molecule has 0 radical (unpaired) electrons. The van der Waals surface area contributed by atoms with Crippen molar-refractivity contribution in [1.82, 2.24) is 14.8 Å². The van der Waals surface area contributed by atoms with Gasteiger partial charge in [-0.2, -0.15) is 9.78 Å². The van der Waals surface area contributed by atoms with Gasteiger partial charge in [0.2, 0.25) is 5.88 Å². The molecule has 0 fully saturated rings. The Balaban J connectivity index is 2.45. The maximum absolute atomic E-state index is 5.62. The number of aromatic nitrogens is 3. The lowest BCUT2D eigenvalue weighted by molar-refractivity contribution is 0.522. The second kappa shape index (κ2) is 2.39. The molecule has 0 amide bonds. The van der Waals surface area contributed by atoms with Crippen LogP contribution in [0.2, 0.25) is 5.02 Å². The van der Waals surface area contributed by atoms with Crippen LogP contribution in [0.15, 0.2) is 29.4 Å². The molecule has 4 nitrogen and oxygen atoms in total. The van der Waals surface area contributed by atoms with Crippen LogP contribution in [0.4, 0.5) is 0 Å². The van der Waals surface area contributed by atoms with Crippen molar-refractivity contribution in [3.8, 4) is 5.88 Å². The van der Waals surface area contributed by atoms with E-state index in [4.69, 9.17) is 16.0 Å². The predicted octanol–water partition coefficient (Wildman–Crippen LogP) is 1.51. The van der Waals surface area contributed by atoms with Crippen LogP contribution in [0.3, 0.4) is 0 Å². The standard InChI is InChI=1S/C6H4ClN3O/c7-5-1-6(11-2-5)10-4-8-3-9-10/h1-4H. The van der Waals surface area contributed by atoms with Gasteiger partial charge in [-0.25, -0.2) is 4.98 Å². The van der Waals surface area contributed by atoms with Gasteiger partial charge in [0, 0.05) is 6.07 Å². The van der Waals surface area contributed by atoms with Crippen LogP contribution in [0.25, 0.3) is 5.88 Å². The molecule has 0 bridgehead atoms. The van der Waals surface area contributed by atoms with Crippen LogP contribution in [0, 0.1) is 0 Å². The molecule has 0 aromatic carbocycles. The number of furan rings is 1. The summed E-state index contributed by atoms with van der Waals surface area (Å²) in [5.74, 6) is 0.563. The number of hydrogen-bond acceptors (Lipinski definition) is 3. The lowest BCUT2D eigenvalue weighted by Gasteiger charge is -1.89. The highest BCUT2D eigenvalue weighted by atomic mass is 35.5. The molecule has 0 spiro atoms. The van der Waals surface area contributed by atoms with Crippen LogP contribution in [0.1, 0.15) is 0 Å². The van der Waals surface area contributed by atoms with E-state index in [1.165, 1.54) is 23.6 Å². The fraction of sp³-hybridized carbons (Fsp3) is 0. The molecule has 2 aromatic heterocycles. The first-order valence-electron chi connectivity index (χ1n) is 2.95. The summed E-state index contributed by atoms with van der Waals surface area (Å²) >= 11 is 5.62. The number of halogens is 1. The molecule has 2 heterocycles. The Morgan fingerprint density at radius 3 is 3.00 bits per heavy atom. The van der Waals surface area contributed by atoms with Crippen molar-refractivity contribution in [3.63, 3.8) is 0 Å². The Morgan fingerprint density at radius 1 is 1.55 bits per heavy atom. The van der Waals surface area contributed by atoms with Crippen molar-refractivity contribution < 1.29 is 4.42 Å². The average Bonchev–Trinajstić information content (AvgIpc) is 2.55. The fourth-order valence-corrected chi connectivity index (χ4v) is 0.883. The average molecular weight is 170 g/mol. The molecule has 0 unspecified atom stereocenters. The van der Waals surface area contributed by atoms with Gasteiger partial charge in [-0.3, -0.25) is 0 Å². The summed E-state index contributed by atoms with van der Waals surface area (Å²) in [6, 6.07) is 1.66. The normalized spacial score (nSPS) is 10.3. The minimum atomic E-state index is 0.551. The quantitative estimate of drug-likeness (QED) is 0.650. The van der Waals surface area contributed by atoms with Gasteiger partial charge >= 0.3 is 0 Å². The van der Waals surface area contributed by atoms with E-state index >= 15 is 0 Å². The molecule has 2 aromatic rings. The minimum absolute atomic E-state index is 0.551. The fourth-order valence-electron chi connectivity index (χ4n) is 0.745. The summed E-state index contributed by atoms with van der Waals surface area (Å²) in [6.07, 6.45) is 4.41. The SMILES string of the molecule is Clc1coc(-n2cncn2)c1. The Bertz CT molecular complexity index is 340. The third-order valence-electron chi connectivity index (χ3n) is 1.20. The summed E-state index contributed by atoms with van der Waals surface area (Å²) in [5.41, 5.74) is 0. The van der Waals surface area contributed by atoms with Gasteiger partial charge in [0.05, 0.1) is 5.02 Å². The molecule has 0 atom stereocenters. The van der Waals surface area contributed by atoms with Crippen LogP contribution in [-0.4, -0.2) is 14.8 Å². The summed E-state index contributed by atoms with van der Waals surface area (Å²) in [4.78, 5) is 3.76. The molecule has 2 rings (SSSR count). The molecular weight excluding hydrogens is 166 g/mol. The third-order valence-corrected chi connectivity index (χ3v) is 1.40. The van der Waals surface area contributed by atoms with Crippen molar-refractivity contribution in [2.24, 2.45) is 0 Å². The predicted molar refractivity (Wildman–Crippen MR) is 38.6 cm³/mol. The Labute approximate surface area is 67.4 Å². The molecule has 0 saturated heterocycles. The van der Waals surface area contributed by atoms with Crippen molar-refractivity contribution in [3.05, 3.63) is 30.0 Å². The largest absolute Gasteiger partial charge is 0.445 e. The lowest BCUT2D eigenvalue weighted by atomic mass is 10.6. The van der Waals surface area contributed by atoms with Crippen molar-refractivity contribution >= 4 is 11.6 Å². The Kier molecular flexibility index (Phi) is 1.40. The zero-order valence-corrected chi connectivity index (χ0v) is 6.19. The van der Waals surface area contributed by atoms with Crippen LogP contribution < -0.4 is 0 Å². The van der Waals surface area contributed by atoms with Gasteiger partial charge < -0.3 is 4.42 Å². The molecular formula is C6H4ClN3O. The molecule has 5 heteroatoms. The monoisotopic (exact) mass is 169 g/mol. The van der Waals surface area contributed by atoms with Gasteiger partial charge in [0.25, 0.3) is 0 Å². The van der Waals surface area contributed by atoms with E-state index in [0.29, 0.717) is 10.9 Å². The van der Waals surface area contributed by atoms with E-state index in [0.717, 1.165) is 0 Å². The van der Waals surface area contributed by atoms with Gasteiger partial charge in [0.1, 0.15) is 18.9 Å². The lowest BCUT2D eigenvalue weighted by Crippen LogP contribution is -1.90. The zero-order chi connectivity index (χ0) is 7.68. The minimum Gasteiger partial charge on any atom is -0.445 e. The maximum Gasteiger partial charge on any atom is 0.222 e. The first kappa shape index (κ1) is 6.42. The first-order valence-corrected chi connectivity index (χ1v) is 3.33.